The Bertz CT molecular complexity index is 604. The van der Waals surface area contributed by atoms with E-state index < -0.39 is 7.12 Å². The van der Waals surface area contributed by atoms with Crippen LogP contribution in [0.15, 0.2) is 55.6 Å². The van der Waals surface area contributed by atoms with Gasteiger partial charge in [0.25, 0.3) is 0 Å². The Balaban J connectivity index is 2.71. The summed E-state index contributed by atoms with van der Waals surface area (Å²) in [6.07, 6.45) is 3.34. The number of hydrogen-bond acceptors (Lipinski definition) is 2. The van der Waals surface area contributed by atoms with Crippen molar-refractivity contribution in [3.8, 4) is 11.1 Å². The molecule has 94 valence electrons. The molecule has 0 aromatic heterocycles. The summed E-state index contributed by atoms with van der Waals surface area (Å²) in [5.74, 6) is 0. The molecule has 0 saturated heterocycles. The van der Waals surface area contributed by atoms with Crippen LogP contribution in [0.1, 0.15) is 11.1 Å². The molecule has 0 aliphatic rings. The first kappa shape index (κ1) is 13.3. The van der Waals surface area contributed by atoms with Crippen LogP contribution in [0, 0.1) is 0 Å². The second kappa shape index (κ2) is 5.70. The summed E-state index contributed by atoms with van der Waals surface area (Å²) in [5, 5.41) is 18.8. The van der Waals surface area contributed by atoms with E-state index >= 15 is 0 Å². The van der Waals surface area contributed by atoms with Gasteiger partial charge in [0.05, 0.1) is 0 Å². The number of rotatable bonds is 4. The average molecular weight is 250 g/mol. The first-order valence-corrected chi connectivity index (χ1v) is 6.02. The molecule has 2 N–H and O–H groups in total. The topological polar surface area (TPSA) is 40.5 Å². The lowest BCUT2D eigenvalue weighted by molar-refractivity contribution is 0.425. The van der Waals surface area contributed by atoms with E-state index in [1.54, 1.807) is 18.2 Å². The van der Waals surface area contributed by atoms with Gasteiger partial charge in [0.15, 0.2) is 0 Å². The Labute approximate surface area is 113 Å². The Kier molecular flexibility index (Phi) is 4.00. The smallest absolute Gasteiger partial charge is 0.423 e. The maximum atomic E-state index is 9.39. The van der Waals surface area contributed by atoms with Crippen molar-refractivity contribution >= 4 is 24.7 Å². The predicted molar refractivity (Wildman–Crippen MR) is 81.9 cm³/mol. The van der Waals surface area contributed by atoms with Gasteiger partial charge in [0, 0.05) is 0 Å². The molecular formula is C16H15BO2. The summed E-state index contributed by atoms with van der Waals surface area (Å²) >= 11 is 0. The number of benzene rings is 2. The van der Waals surface area contributed by atoms with Crippen LogP contribution in [0.2, 0.25) is 0 Å². The van der Waals surface area contributed by atoms with Crippen LogP contribution in [0.4, 0.5) is 0 Å². The highest BCUT2D eigenvalue weighted by Gasteiger charge is 2.18. The van der Waals surface area contributed by atoms with E-state index in [9.17, 15) is 10.0 Å². The largest absolute Gasteiger partial charge is 0.489 e. The maximum absolute atomic E-state index is 9.39. The van der Waals surface area contributed by atoms with Crippen molar-refractivity contribution in [3.05, 3.63) is 66.7 Å². The third-order valence-corrected chi connectivity index (χ3v) is 3.09. The molecule has 0 spiro atoms. The zero-order valence-corrected chi connectivity index (χ0v) is 10.6. The van der Waals surface area contributed by atoms with Crippen LogP contribution in [0.3, 0.4) is 0 Å². The first-order chi connectivity index (χ1) is 9.19. The minimum atomic E-state index is -1.52. The predicted octanol–water partition coefficient (Wildman–Crippen LogP) is 2.32. The Morgan fingerprint density at radius 2 is 1.47 bits per heavy atom. The molecule has 3 heteroatoms. The van der Waals surface area contributed by atoms with Gasteiger partial charge in [-0.15, -0.1) is 0 Å². The van der Waals surface area contributed by atoms with E-state index in [4.69, 9.17) is 0 Å². The summed E-state index contributed by atoms with van der Waals surface area (Å²) in [6, 6.07) is 13.5. The second-order valence-corrected chi connectivity index (χ2v) is 4.18. The van der Waals surface area contributed by atoms with Crippen molar-refractivity contribution in [1.29, 1.82) is 0 Å². The van der Waals surface area contributed by atoms with Crippen LogP contribution in [0.25, 0.3) is 23.3 Å². The summed E-state index contributed by atoms with van der Waals surface area (Å²) in [7, 11) is -1.52. The molecule has 0 radical (unpaired) electrons. The zero-order chi connectivity index (χ0) is 13.8. The first-order valence-electron chi connectivity index (χ1n) is 6.02. The van der Waals surface area contributed by atoms with E-state index in [2.05, 4.69) is 13.2 Å². The van der Waals surface area contributed by atoms with Gasteiger partial charge in [-0.3, -0.25) is 0 Å². The van der Waals surface area contributed by atoms with Gasteiger partial charge in [-0.1, -0.05) is 67.8 Å². The monoisotopic (exact) mass is 250 g/mol. The molecule has 0 aliphatic carbocycles. The van der Waals surface area contributed by atoms with Crippen molar-refractivity contribution in [2.75, 3.05) is 0 Å². The van der Waals surface area contributed by atoms with Gasteiger partial charge in [-0.2, -0.15) is 0 Å². The number of hydrogen-bond donors (Lipinski definition) is 2. The molecule has 2 nitrogen and oxygen atoms in total. The molecule has 0 heterocycles. The highest BCUT2D eigenvalue weighted by Crippen LogP contribution is 2.27. The fourth-order valence-electron chi connectivity index (χ4n) is 2.20. The Hall–Kier alpha value is -2.10. The molecule has 0 unspecified atom stereocenters. The van der Waals surface area contributed by atoms with Crippen molar-refractivity contribution in [2.24, 2.45) is 0 Å². The van der Waals surface area contributed by atoms with Crippen molar-refractivity contribution in [2.45, 2.75) is 0 Å². The third kappa shape index (κ3) is 2.52. The molecule has 0 atom stereocenters. The summed E-state index contributed by atoms with van der Waals surface area (Å²) in [5.41, 5.74) is 4.04. The van der Waals surface area contributed by atoms with E-state index in [0.29, 0.717) is 11.0 Å². The van der Waals surface area contributed by atoms with Crippen LogP contribution in [-0.2, 0) is 0 Å². The minimum absolute atomic E-state index is 0.435. The molecule has 2 rings (SSSR count). The van der Waals surface area contributed by atoms with Gasteiger partial charge in [0.2, 0.25) is 0 Å². The fraction of sp³-hybridized carbons (Fsp3) is 0. The highest BCUT2D eigenvalue weighted by molar-refractivity contribution is 6.59. The Morgan fingerprint density at radius 3 is 2.00 bits per heavy atom. The van der Waals surface area contributed by atoms with Crippen LogP contribution < -0.4 is 5.46 Å². The van der Waals surface area contributed by atoms with Crippen LogP contribution >= 0.6 is 0 Å². The van der Waals surface area contributed by atoms with Crippen LogP contribution in [-0.4, -0.2) is 17.2 Å². The summed E-state index contributed by atoms with van der Waals surface area (Å²) in [4.78, 5) is 0. The van der Waals surface area contributed by atoms with E-state index in [0.717, 1.165) is 16.7 Å². The van der Waals surface area contributed by atoms with Crippen LogP contribution in [0.5, 0.6) is 0 Å². The van der Waals surface area contributed by atoms with E-state index in [-0.39, 0.29) is 0 Å². The van der Waals surface area contributed by atoms with Gasteiger partial charge in [-0.05, 0) is 27.7 Å². The van der Waals surface area contributed by atoms with Crippen molar-refractivity contribution in [3.63, 3.8) is 0 Å². The summed E-state index contributed by atoms with van der Waals surface area (Å²) < 4.78 is 0. The Morgan fingerprint density at radius 1 is 0.842 bits per heavy atom. The molecule has 0 bridgehead atoms. The second-order valence-electron chi connectivity index (χ2n) is 4.18. The zero-order valence-electron chi connectivity index (χ0n) is 10.6. The highest BCUT2D eigenvalue weighted by atomic mass is 16.4. The molecule has 0 fully saturated rings. The lowest BCUT2D eigenvalue weighted by atomic mass is 9.74. The van der Waals surface area contributed by atoms with Gasteiger partial charge < -0.3 is 10.0 Å². The molecule has 0 aliphatic heterocycles. The molecule has 19 heavy (non-hydrogen) atoms. The molecule has 2 aromatic rings. The normalized spacial score (nSPS) is 10.0. The third-order valence-electron chi connectivity index (χ3n) is 3.09. The summed E-state index contributed by atoms with van der Waals surface area (Å²) in [6.45, 7) is 7.56. The standard InChI is InChI=1S/C16H15BO2/c1-3-13-14(4-2)16(17(18)19)11-10-15(13)12-8-6-5-7-9-12/h3-11,18-19H,1-2H2. The maximum Gasteiger partial charge on any atom is 0.489 e. The van der Waals surface area contributed by atoms with E-state index in [1.807, 2.05) is 36.4 Å². The SMILES string of the molecule is C=Cc1c(B(O)O)ccc(-c2ccccc2)c1C=C. The van der Waals surface area contributed by atoms with Gasteiger partial charge >= 0.3 is 7.12 Å². The van der Waals surface area contributed by atoms with Gasteiger partial charge in [0.1, 0.15) is 0 Å². The van der Waals surface area contributed by atoms with Crippen molar-refractivity contribution < 1.29 is 10.0 Å². The van der Waals surface area contributed by atoms with E-state index in [1.165, 1.54) is 0 Å². The van der Waals surface area contributed by atoms with Crippen molar-refractivity contribution in [1.82, 2.24) is 0 Å². The minimum Gasteiger partial charge on any atom is -0.423 e. The fourth-order valence-corrected chi connectivity index (χ4v) is 2.20. The molecule has 0 amide bonds. The quantitative estimate of drug-likeness (QED) is 0.817. The lowest BCUT2D eigenvalue weighted by Gasteiger charge is -2.14. The van der Waals surface area contributed by atoms with Gasteiger partial charge in [-0.25, -0.2) is 0 Å². The lowest BCUT2D eigenvalue weighted by Crippen LogP contribution is -2.32. The molecular weight excluding hydrogens is 235 g/mol. The average Bonchev–Trinajstić information content (AvgIpc) is 2.46. The molecule has 0 saturated carbocycles. The molecule has 2 aromatic carbocycles.